The molecule has 0 bridgehead atoms. The molecule has 3 aliphatic rings. The molecule has 37 heavy (non-hydrogen) atoms. The Morgan fingerprint density at radius 2 is 1.57 bits per heavy atom. The van der Waals surface area contributed by atoms with E-state index < -0.39 is 58.8 Å². The summed E-state index contributed by atoms with van der Waals surface area (Å²) in [7, 11) is 1.35. The summed E-state index contributed by atoms with van der Waals surface area (Å²) >= 11 is 0. The second-order valence-electron chi connectivity index (χ2n) is 10.1. The molecule has 2 saturated heterocycles. The van der Waals surface area contributed by atoms with Gasteiger partial charge in [-0.3, -0.25) is 9.69 Å². The number of carbonyl (C=O) groups excluding carboxylic acids is 2. The summed E-state index contributed by atoms with van der Waals surface area (Å²) in [5.74, 6) is -9.26. The molecule has 206 valence electrons. The lowest BCUT2D eigenvalue weighted by Gasteiger charge is -2.37. The summed E-state index contributed by atoms with van der Waals surface area (Å²) < 4.78 is 105. The van der Waals surface area contributed by atoms with Crippen molar-refractivity contribution in [1.82, 2.24) is 9.80 Å². The second kappa shape index (κ2) is 10.3. The number of likely N-dealkylation sites (tertiary alicyclic amines) is 1. The zero-order valence-electron chi connectivity index (χ0n) is 20.1. The van der Waals surface area contributed by atoms with Crippen molar-refractivity contribution >= 4 is 12.1 Å². The van der Waals surface area contributed by atoms with Crippen LogP contribution in [0.2, 0.25) is 0 Å². The first-order valence-corrected chi connectivity index (χ1v) is 12.1. The molecular weight excluding hydrogens is 513 g/mol. The molecule has 2 heterocycles. The highest BCUT2D eigenvalue weighted by Gasteiger charge is 2.48. The normalized spacial score (nSPS) is 24.4. The van der Waals surface area contributed by atoms with Crippen LogP contribution in [0.3, 0.4) is 0 Å². The molecule has 3 fully saturated rings. The molecule has 1 saturated carbocycles. The summed E-state index contributed by atoms with van der Waals surface area (Å²) in [6.45, 7) is 0.436. The van der Waals surface area contributed by atoms with Gasteiger partial charge in [0.25, 0.3) is 0 Å². The van der Waals surface area contributed by atoms with Crippen LogP contribution in [-0.2, 0) is 27.0 Å². The lowest BCUT2D eigenvalue weighted by atomic mass is 9.81. The molecule has 6 nitrogen and oxygen atoms in total. The number of hydrogen-bond acceptors (Lipinski definition) is 5. The quantitative estimate of drug-likeness (QED) is 0.298. The lowest BCUT2D eigenvalue weighted by molar-refractivity contribution is -0.147. The van der Waals surface area contributed by atoms with Crippen molar-refractivity contribution in [3.05, 3.63) is 34.4 Å². The number of halogens is 7. The predicted octanol–water partition coefficient (Wildman–Crippen LogP) is 5.03. The van der Waals surface area contributed by atoms with Crippen LogP contribution in [0.25, 0.3) is 0 Å². The van der Waals surface area contributed by atoms with Crippen molar-refractivity contribution in [2.45, 2.75) is 56.8 Å². The van der Waals surface area contributed by atoms with Crippen molar-refractivity contribution < 1.29 is 49.8 Å². The van der Waals surface area contributed by atoms with E-state index in [1.165, 1.54) is 12.0 Å². The maximum Gasteiger partial charge on any atom is 0.422 e. The molecule has 0 aromatic heterocycles. The molecule has 2 aliphatic heterocycles. The number of methoxy groups -OCH3 is 1. The highest BCUT2D eigenvalue weighted by Crippen LogP contribution is 2.39. The van der Waals surface area contributed by atoms with E-state index in [1.807, 2.05) is 0 Å². The summed E-state index contributed by atoms with van der Waals surface area (Å²) in [5.41, 5.74) is -4.54. The van der Waals surface area contributed by atoms with E-state index in [9.17, 15) is 40.3 Å². The van der Waals surface area contributed by atoms with Gasteiger partial charge < -0.3 is 14.4 Å². The predicted molar refractivity (Wildman–Crippen MR) is 114 cm³/mol. The van der Waals surface area contributed by atoms with Gasteiger partial charge in [-0.15, -0.1) is 0 Å². The van der Waals surface area contributed by atoms with E-state index in [4.69, 9.17) is 9.47 Å². The minimum absolute atomic E-state index is 0.135. The Morgan fingerprint density at radius 3 is 2.08 bits per heavy atom. The SMILES string of the molecule is COC(=O)C1CCC(CN2CC3(CCN(Cc4c(F)c(F)c(C(F)(F)F)c(F)c4F)CC3)OC2=O)CC1. The van der Waals surface area contributed by atoms with Gasteiger partial charge in [-0.25, -0.2) is 22.4 Å². The highest BCUT2D eigenvalue weighted by molar-refractivity contribution is 5.72. The van der Waals surface area contributed by atoms with Gasteiger partial charge in [0.1, 0.15) is 11.2 Å². The van der Waals surface area contributed by atoms with Crippen LogP contribution in [0.15, 0.2) is 0 Å². The minimum Gasteiger partial charge on any atom is -0.469 e. The van der Waals surface area contributed by atoms with Crippen LogP contribution >= 0.6 is 0 Å². The molecule has 1 aromatic carbocycles. The molecule has 0 atom stereocenters. The Labute approximate surface area is 208 Å². The van der Waals surface area contributed by atoms with Crippen LogP contribution in [0.1, 0.15) is 49.7 Å². The third-order valence-electron chi connectivity index (χ3n) is 7.69. The first-order chi connectivity index (χ1) is 17.3. The summed E-state index contributed by atoms with van der Waals surface area (Å²) in [5, 5.41) is 0. The van der Waals surface area contributed by atoms with Crippen molar-refractivity contribution in [3.8, 4) is 0 Å². The number of alkyl halides is 3. The van der Waals surface area contributed by atoms with Gasteiger partial charge in [0, 0.05) is 44.6 Å². The molecule has 0 radical (unpaired) electrons. The van der Waals surface area contributed by atoms with Gasteiger partial charge in [-0.1, -0.05) is 0 Å². The lowest BCUT2D eigenvalue weighted by Crippen LogP contribution is -2.47. The fourth-order valence-electron chi connectivity index (χ4n) is 5.56. The third kappa shape index (κ3) is 5.51. The summed E-state index contributed by atoms with van der Waals surface area (Å²) in [6.07, 6.45) is -2.63. The van der Waals surface area contributed by atoms with Gasteiger partial charge in [-0.2, -0.15) is 13.2 Å². The molecule has 1 aliphatic carbocycles. The number of nitrogens with zero attached hydrogens (tertiary/aromatic N) is 2. The van der Waals surface area contributed by atoms with E-state index in [1.54, 1.807) is 4.90 Å². The average Bonchev–Trinajstić information content (AvgIpc) is 3.15. The molecule has 4 rings (SSSR count). The van der Waals surface area contributed by atoms with Gasteiger partial charge >= 0.3 is 18.2 Å². The van der Waals surface area contributed by atoms with Crippen LogP contribution < -0.4 is 0 Å². The standard InChI is InChI=1S/C24H27F7N2O4/c1-36-21(34)14-4-2-13(3-5-14)10-33-12-23(37-22(33)35)6-8-32(9-7-23)11-15-17(25)19(27)16(24(29,30)31)20(28)18(15)26/h13-14H,2-12H2,1H3. The van der Waals surface area contributed by atoms with E-state index in [0.717, 1.165) is 12.8 Å². The zero-order chi connectivity index (χ0) is 27.1. The number of ether oxygens (including phenoxy) is 2. The molecule has 1 aromatic rings. The Kier molecular flexibility index (Phi) is 7.64. The Bertz CT molecular complexity index is 1020. The summed E-state index contributed by atoms with van der Waals surface area (Å²) in [4.78, 5) is 27.3. The molecule has 1 amide bonds. The first kappa shape index (κ1) is 27.5. The minimum atomic E-state index is -5.59. The largest absolute Gasteiger partial charge is 0.469 e. The fourth-order valence-corrected chi connectivity index (χ4v) is 5.56. The maximum atomic E-state index is 14.3. The van der Waals surface area contributed by atoms with Crippen molar-refractivity contribution in [3.63, 3.8) is 0 Å². The topological polar surface area (TPSA) is 59.1 Å². The Hall–Kier alpha value is -2.57. The van der Waals surface area contributed by atoms with E-state index in [-0.39, 0.29) is 43.7 Å². The van der Waals surface area contributed by atoms with Crippen molar-refractivity contribution in [1.29, 1.82) is 0 Å². The van der Waals surface area contributed by atoms with E-state index in [2.05, 4.69) is 0 Å². The zero-order valence-corrected chi connectivity index (χ0v) is 20.1. The van der Waals surface area contributed by atoms with Crippen molar-refractivity contribution in [2.75, 3.05) is 33.3 Å². The number of esters is 1. The second-order valence-corrected chi connectivity index (χ2v) is 10.1. The number of benzene rings is 1. The molecule has 1 spiro atoms. The van der Waals surface area contributed by atoms with Gasteiger partial charge in [0.15, 0.2) is 23.3 Å². The number of carbonyl (C=O) groups is 2. The Balaban J connectivity index is 1.34. The van der Waals surface area contributed by atoms with Crippen molar-refractivity contribution in [2.24, 2.45) is 11.8 Å². The number of piperidine rings is 1. The van der Waals surface area contributed by atoms with Crippen LogP contribution in [0.4, 0.5) is 35.5 Å². The average molecular weight is 540 g/mol. The van der Waals surface area contributed by atoms with Gasteiger partial charge in [0.2, 0.25) is 0 Å². The fraction of sp³-hybridized carbons (Fsp3) is 0.667. The Morgan fingerprint density at radius 1 is 1.00 bits per heavy atom. The van der Waals surface area contributed by atoms with Crippen LogP contribution in [-0.4, -0.2) is 60.8 Å². The van der Waals surface area contributed by atoms with E-state index in [0.29, 0.717) is 25.9 Å². The first-order valence-electron chi connectivity index (χ1n) is 12.1. The van der Waals surface area contributed by atoms with Crippen LogP contribution in [0.5, 0.6) is 0 Å². The monoisotopic (exact) mass is 540 g/mol. The van der Waals surface area contributed by atoms with Crippen LogP contribution in [0, 0.1) is 35.1 Å². The highest BCUT2D eigenvalue weighted by atomic mass is 19.4. The number of amides is 1. The maximum absolute atomic E-state index is 14.3. The van der Waals surface area contributed by atoms with Gasteiger partial charge in [0.05, 0.1) is 19.6 Å². The van der Waals surface area contributed by atoms with E-state index >= 15 is 0 Å². The molecular formula is C24H27F7N2O4. The molecule has 0 unspecified atom stereocenters. The number of rotatable bonds is 5. The smallest absolute Gasteiger partial charge is 0.422 e. The number of hydrogen-bond donors (Lipinski definition) is 0. The van der Waals surface area contributed by atoms with Gasteiger partial charge in [-0.05, 0) is 31.6 Å². The summed E-state index contributed by atoms with van der Waals surface area (Å²) in [6, 6.07) is 0. The molecule has 13 heteroatoms. The third-order valence-corrected chi connectivity index (χ3v) is 7.69. The molecule has 0 N–H and O–H groups in total.